The lowest BCUT2D eigenvalue weighted by Gasteiger charge is -2.40. The standard InChI is InChI=1S/C14H21ClN4O3/c1-14(2,3)22-13(21)18-4-5-19(11(8-18)9-20)12-16-6-10(15)7-17-12/h6-7,11,20H,4-5,8-9H2,1-3H3/t11-/m1/s1. The Balaban J connectivity index is 2.05. The summed E-state index contributed by atoms with van der Waals surface area (Å²) in [5.74, 6) is 0.493. The van der Waals surface area contributed by atoms with Crippen molar-refractivity contribution in [3.05, 3.63) is 17.4 Å². The lowest BCUT2D eigenvalue weighted by molar-refractivity contribution is 0.0196. The molecular formula is C14H21ClN4O3. The smallest absolute Gasteiger partial charge is 0.410 e. The summed E-state index contributed by atoms with van der Waals surface area (Å²) < 4.78 is 5.36. The second-order valence-corrected chi connectivity index (χ2v) is 6.59. The third kappa shape index (κ3) is 4.20. The van der Waals surface area contributed by atoms with Gasteiger partial charge in [-0.1, -0.05) is 11.6 Å². The molecule has 0 spiro atoms. The van der Waals surface area contributed by atoms with Crippen LogP contribution in [0.3, 0.4) is 0 Å². The van der Waals surface area contributed by atoms with E-state index in [-0.39, 0.29) is 18.7 Å². The van der Waals surface area contributed by atoms with E-state index < -0.39 is 5.60 Å². The number of nitrogens with zero attached hydrogens (tertiary/aromatic N) is 4. The minimum absolute atomic E-state index is 0.106. The van der Waals surface area contributed by atoms with Crippen LogP contribution in [0.2, 0.25) is 5.02 Å². The molecule has 1 aromatic rings. The Morgan fingerprint density at radius 1 is 1.41 bits per heavy atom. The average Bonchev–Trinajstić information content (AvgIpc) is 2.45. The Labute approximate surface area is 134 Å². The molecule has 0 aliphatic carbocycles. The summed E-state index contributed by atoms with van der Waals surface area (Å²) in [6.45, 7) is 6.73. The number of hydrogen-bond donors (Lipinski definition) is 1. The molecule has 0 bridgehead atoms. The van der Waals surface area contributed by atoms with Gasteiger partial charge in [0.15, 0.2) is 0 Å². The zero-order valence-electron chi connectivity index (χ0n) is 13.0. The van der Waals surface area contributed by atoms with E-state index in [1.54, 1.807) is 4.90 Å². The molecule has 1 saturated heterocycles. The van der Waals surface area contributed by atoms with Gasteiger partial charge in [0.25, 0.3) is 0 Å². The maximum atomic E-state index is 12.1. The average molecular weight is 329 g/mol. The number of halogens is 1. The molecular weight excluding hydrogens is 308 g/mol. The Morgan fingerprint density at radius 2 is 2.05 bits per heavy atom. The van der Waals surface area contributed by atoms with Gasteiger partial charge < -0.3 is 19.6 Å². The number of piperazine rings is 1. The highest BCUT2D eigenvalue weighted by Crippen LogP contribution is 2.19. The van der Waals surface area contributed by atoms with Crippen LogP contribution in [0.25, 0.3) is 0 Å². The van der Waals surface area contributed by atoms with Crippen LogP contribution in [-0.2, 0) is 4.74 Å². The number of aliphatic hydroxyl groups excluding tert-OH is 1. The molecule has 8 heteroatoms. The Morgan fingerprint density at radius 3 is 2.59 bits per heavy atom. The van der Waals surface area contributed by atoms with Crippen molar-refractivity contribution >= 4 is 23.6 Å². The molecule has 1 atom stereocenters. The molecule has 0 saturated carbocycles. The van der Waals surface area contributed by atoms with E-state index in [9.17, 15) is 9.90 Å². The van der Waals surface area contributed by atoms with Crippen LogP contribution in [0, 0.1) is 0 Å². The van der Waals surface area contributed by atoms with E-state index in [0.29, 0.717) is 30.6 Å². The zero-order chi connectivity index (χ0) is 16.3. The summed E-state index contributed by atoms with van der Waals surface area (Å²) in [7, 11) is 0. The van der Waals surface area contributed by atoms with Crippen molar-refractivity contribution in [3.8, 4) is 0 Å². The molecule has 0 radical (unpaired) electrons. The predicted octanol–water partition coefficient (Wildman–Crippen LogP) is 1.55. The summed E-state index contributed by atoms with van der Waals surface area (Å²) in [6.07, 6.45) is 2.65. The van der Waals surface area contributed by atoms with Gasteiger partial charge in [-0.05, 0) is 20.8 Å². The summed E-state index contributed by atoms with van der Waals surface area (Å²) >= 11 is 5.78. The number of aliphatic hydroxyl groups is 1. The summed E-state index contributed by atoms with van der Waals surface area (Å²) in [5, 5.41) is 10.1. The van der Waals surface area contributed by atoms with Crippen molar-refractivity contribution in [3.63, 3.8) is 0 Å². The van der Waals surface area contributed by atoms with Crippen molar-refractivity contribution in [2.45, 2.75) is 32.4 Å². The van der Waals surface area contributed by atoms with Crippen molar-refractivity contribution < 1.29 is 14.6 Å². The number of aromatic nitrogens is 2. The molecule has 1 aliphatic heterocycles. The highest BCUT2D eigenvalue weighted by molar-refractivity contribution is 6.30. The molecule has 1 aromatic heterocycles. The van der Waals surface area contributed by atoms with E-state index in [0.717, 1.165) is 0 Å². The molecule has 1 N–H and O–H groups in total. The first kappa shape index (κ1) is 16.8. The lowest BCUT2D eigenvalue weighted by atomic mass is 10.2. The fourth-order valence-corrected chi connectivity index (χ4v) is 2.32. The van der Waals surface area contributed by atoms with Crippen LogP contribution < -0.4 is 4.90 Å². The monoisotopic (exact) mass is 328 g/mol. The van der Waals surface area contributed by atoms with Gasteiger partial charge in [0.05, 0.1) is 30.1 Å². The predicted molar refractivity (Wildman–Crippen MR) is 83.1 cm³/mol. The molecule has 2 rings (SSSR count). The fraction of sp³-hybridized carbons (Fsp3) is 0.643. The number of carbonyl (C=O) groups excluding carboxylic acids is 1. The van der Waals surface area contributed by atoms with Crippen LogP contribution in [-0.4, -0.2) is 64.0 Å². The molecule has 22 heavy (non-hydrogen) atoms. The van der Waals surface area contributed by atoms with Gasteiger partial charge in [-0.15, -0.1) is 0 Å². The molecule has 1 aliphatic rings. The molecule has 0 aromatic carbocycles. The van der Waals surface area contributed by atoms with Gasteiger partial charge in [-0.25, -0.2) is 14.8 Å². The van der Waals surface area contributed by atoms with Gasteiger partial charge in [-0.2, -0.15) is 0 Å². The minimum Gasteiger partial charge on any atom is -0.444 e. The Kier molecular flexibility index (Phi) is 5.08. The topological polar surface area (TPSA) is 78.8 Å². The quantitative estimate of drug-likeness (QED) is 0.887. The van der Waals surface area contributed by atoms with E-state index in [4.69, 9.17) is 16.3 Å². The largest absolute Gasteiger partial charge is 0.444 e. The van der Waals surface area contributed by atoms with Crippen LogP contribution >= 0.6 is 11.6 Å². The molecule has 7 nitrogen and oxygen atoms in total. The van der Waals surface area contributed by atoms with Gasteiger partial charge >= 0.3 is 6.09 Å². The number of carbonyl (C=O) groups is 1. The number of hydrogen-bond acceptors (Lipinski definition) is 6. The zero-order valence-corrected chi connectivity index (χ0v) is 13.7. The Bertz CT molecular complexity index is 518. The van der Waals surface area contributed by atoms with Crippen LogP contribution in [0.1, 0.15) is 20.8 Å². The van der Waals surface area contributed by atoms with Crippen LogP contribution in [0.5, 0.6) is 0 Å². The SMILES string of the molecule is CC(C)(C)OC(=O)N1CCN(c2ncc(Cl)cn2)[C@@H](CO)C1. The summed E-state index contributed by atoms with van der Waals surface area (Å²) in [4.78, 5) is 23.9. The van der Waals surface area contributed by atoms with Crippen molar-refractivity contribution in [1.29, 1.82) is 0 Å². The van der Waals surface area contributed by atoms with E-state index >= 15 is 0 Å². The van der Waals surface area contributed by atoms with Crippen molar-refractivity contribution in [2.24, 2.45) is 0 Å². The molecule has 2 heterocycles. The minimum atomic E-state index is -0.539. The number of ether oxygens (including phenoxy) is 1. The highest BCUT2D eigenvalue weighted by Gasteiger charge is 2.32. The normalized spacial score (nSPS) is 19.2. The number of anilines is 1. The van der Waals surface area contributed by atoms with Crippen molar-refractivity contribution in [1.82, 2.24) is 14.9 Å². The maximum Gasteiger partial charge on any atom is 0.410 e. The third-order valence-electron chi connectivity index (χ3n) is 3.21. The van der Waals surface area contributed by atoms with Gasteiger partial charge in [0.1, 0.15) is 5.60 Å². The number of rotatable bonds is 2. The maximum absolute atomic E-state index is 12.1. The Hall–Kier alpha value is -1.60. The second-order valence-electron chi connectivity index (χ2n) is 6.16. The fourth-order valence-electron chi connectivity index (χ4n) is 2.22. The van der Waals surface area contributed by atoms with Gasteiger partial charge in [-0.3, -0.25) is 0 Å². The molecule has 1 amide bonds. The molecule has 122 valence electrons. The van der Waals surface area contributed by atoms with Crippen molar-refractivity contribution in [2.75, 3.05) is 31.1 Å². The van der Waals surface area contributed by atoms with Crippen LogP contribution in [0.15, 0.2) is 12.4 Å². The first-order chi connectivity index (χ1) is 10.3. The van der Waals surface area contributed by atoms with Gasteiger partial charge in [0, 0.05) is 19.6 Å². The summed E-state index contributed by atoms with van der Waals surface area (Å²) in [5.41, 5.74) is -0.539. The highest BCUT2D eigenvalue weighted by atomic mass is 35.5. The molecule has 1 fully saturated rings. The first-order valence-electron chi connectivity index (χ1n) is 7.13. The summed E-state index contributed by atoms with van der Waals surface area (Å²) in [6, 6.07) is -0.276. The lowest BCUT2D eigenvalue weighted by Crippen LogP contribution is -2.57. The second kappa shape index (κ2) is 6.66. The van der Waals surface area contributed by atoms with E-state index in [1.165, 1.54) is 12.4 Å². The first-order valence-corrected chi connectivity index (χ1v) is 7.51. The van der Waals surface area contributed by atoms with Gasteiger partial charge in [0.2, 0.25) is 5.95 Å². The number of amides is 1. The third-order valence-corrected chi connectivity index (χ3v) is 3.40. The van der Waals surface area contributed by atoms with E-state index in [1.807, 2.05) is 25.7 Å². The van der Waals surface area contributed by atoms with E-state index in [2.05, 4.69) is 9.97 Å². The van der Waals surface area contributed by atoms with Crippen LogP contribution in [0.4, 0.5) is 10.7 Å². The molecule has 0 unspecified atom stereocenters.